The summed E-state index contributed by atoms with van der Waals surface area (Å²) >= 11 is 0. The van der Waals surface area contributed by atoms with Gasteiger partial charge in [0, 0.05) is 18.3 Å². The van der Waals surface area contributed by atoms with Crippen LogP contribution in [0.4, 0.5) is 0 Å². The maximum Gasteiger partial charge on any atom is 0.397 e. The molecule has 0 amide bonds. The lowest BCUT2D eigenvalue weighted by molar-refractivity contribution is -0.126. The van der Waals surface area contributed by atoms with Crippen LogP contribution < -0.4 is 0 Å². The zero-order chi connectivity index (χ0) is 17.1. The summed E-state index contributed by atoms with van der Waals surface area (Å²) in [7, 11) is -4.41. The fourth-order valence-electron chi connectivity index (χ4n) is 5.06. The molecule has 1 N–H and O–H groups in total. The minimum atomic E-state index is -4.41. The van der Waals surface area contributed by atoms with Gasteiger partial charge in [0.15, 0.2) is 0 Å². The monoisotopic (exact) mass is 350 g/mol. The summed E-state index contributed by atoms with van der Waals surface area (Å²) in [6, 6.07) is 4.19. The highest BCUT2D eigenvalue weighted by atomic mass is 32.3. The molecule has 130 valence electrons. The van der Waals surface area contributed by atoms with E-state index in [1.165, 1.54) is 16.7 Å². The Bertz CT molecular complexity index is 813. The van der Waals surface area contributed by atoms with Crippen LogP contribution in [0.15, 0.2) is 12.1 Å². The molecule has 3 aliphatic carbocycles. The van der Waals surface area contributed by atoms with E-state index >= 15 is 0 Å². The molecule has 0 unspecified atom stereocenters. The minimum absolute atomic E-state index is 0.202. The molecule has 0 aromatic heterocycles. The first-order chi connectivity index (χ1) is 11.3. The summed E-state index contributed by atoms with van der Waals surface area (Å²) in [6.45, 7) is 2.12. The molecule has 0 bridgehead atoms. The Morgan fingerprint density at radius 2 is 1.96 bits per heavy atom. The molecule has 6 heteroatoms. The van der Waals surface area contributed by atoms with E-state index < -0.39 is 16.5 Å². The molecule has 3 atom stereocenters. The van der Waals surface area contributed by atoms with Crippen LogP contribution >= 0.6 is 0 Å². The van der Waals surface area contributed by atoms with E-state index in [2.05, 4.69) is 19.1 Å². The molecule has 4 rings (SSSR count). The molecule has 1 fully saturated rings. The number of hydrogen-bond donors (Lipinski definition) is 1. The SMILES string of the molecule is C[C@]12CCc3c(ccc4c3CC[C@H](OS(=O)(=O)O)C4)[C@@H]1CCC2=O. The molecule has 1 saturated carbocycles. The average Bonchev–Trinajstić information content (AvgIpc) is 2.81. The lowest BCUT2D eigenvalue weighted by Gasteiger charge is -2.39. The maximum absolute atomic E-state index is 12.3. The van der Waals surface area contributed by atoms with Crippen molar-refractivity contribution in [3.63, 3.8) is 0 Å². The fraction of sp³-hybridized carbons (Fsp3) is 0.611. The number of hydrogen-bond acceptors (Lipinski definition) is 4. The normalized spacial score (nSPS) is 32.2. The summed E-state index contributed by atoms with van der Waals surface area (Å²) in [4.78, 5) is 12.3. The second kappa shape index (κ2) is 5.38. The molecule has 0 aliphatic heterocycles. The Morgan fingerprint density at radius 1 is 1.17 bits per heavy atom. The Hall–Kier alpha value is -1.24. The van der Waals surface area contributed by atoms with Crippen molar-refractivity contribution >= 4 is 16.2 Å². The molecular formula is C18H22O5S. The number of carbonyl (C=O) groups excluding carboxylic acids is 1. The first-order valence-electron chi connectivity index (χ1n) is 8.60. The predicted octanol–water partition coefficient (Wildman–Crippen LogP) is 2.76. The van der Waals surface area contributed by atoms with Gasteiger partial charge in [-0.25, -0.2) is 4.18 Å². The highest BCUT2D eigenvalue weighted by Crippen LogP contribution is 2.54. The van der Waals surface area contributed by atoms with E-state index in [0.717, 1.165) is 31.2 Å². The summed E-state index contributed by atoms with van der Waals surface area (Å²) in [5.74, 6) is 0.725. The van der Waals surface area contributed by atoms with E-state index in [9.17, 15) is 13.2 Å². The van der Waals surface area contributed by atoms with Crippen LogP contribution in [-0.4, -0.2) is 24.9 Å². The number of ketones is 1. The zero-order valence-corrected chi connectivity index (χ0v) is 14.6. The van der Waals surface area contributed by atoms with Crippen LogP contribution in [-0.2, 0) is 38.6 Å². The first kappa shape index (κ1) is 16.2. The number of carbonyl (C=O) groups is 1. The quantitative estimate of drug-likeness (QED) is 0.830. The Balaban J connectivity index is 1.67. The van der Waals surface area contributed by atoms with Crippen molar-refractivity contribution in [1.29, 1.82) is 0 Å². The minimum Gasteiger partial charge on any atom is -0.299 e. The zero-order valence-electron chi connectivity index (χ0n) is 13.7. The molecule has 0 radical (unpaired) electrons. The van der Waals surface area contributed by atoms with Crippen LogP contribution in [0.2, 0.25) is 0 Å². The van der Waals surface area contributed by atoms with Gasteiger partial charge in [-0.15, -0.1) is 0 Å². The number of fused-ring (bicyclic) bond motifs is 5. The number of Topliss-reactive ketones (excluding diaryl/α,β-unsaturated/α-hetero) is 1. The van der Waals surface area contributed by atoms with Crippen molar-refractivity contribution in [2.45, 2.75) is 63.9 Å². The molecule has 0 saturated heterocycles. The van der Waals surface area contributed by atoms with Gasteiger partial charge in [-0.3, -0.25) is 9.35 Å². The van der Waals surface area contributed by atoms with E-state index in [0.29, 0.717) is 31.0 Å². The topological polar surface area (TPSA) is 80.7 Å². The summed E-state index contributed by atoms with van der Waals surface area (Å²) in [5.41, 5.74) is 4.91. The predicted molar refractivity (Wildman–Crippen MR) is 88.3 cm³/mol. The summed E-state index contributed by atoms with van der Waals surface area (Å²) in [6.07, 6.45) is 4.81. The van der Waals surface area contributed by atoms with Crippen LogP contribution in [0, 0.1) is 5.41 Å². The van der Waals surface area contributed by atoms with Gasteiger partial charge in [0.25, 0.3) is 0 Å². The summed E-state index contributed by atoms with van der Waals surface area (Å²) in [5, 5.41) is 0. The Morgan fingerprint density at radius 3 is 2.71 bits per heavy atom. The smallest absolute Gasteiger partial charge is 0.299 e. The van der Waals surface area contributed by atoms with E-state index in [-0.39, 0.29) is 5.41 Å². The standard InChI is InChI=1S/C18H22O5S/c1-18-9-8-14-13-5-3-12(23-24(20,21)22)10-11(13)2-4-15(14)16(18)6-7-17(18)19/h2,4,12,16H,3,5-10H2,1H3,(H,20,21,22)/t12-,16-,18-/m0/s1. The third-order valence-electron chi connectivity index (χ3n) is 6.32. The van der Waals surface area contributed by atoms with Crippen molar-refractivity contribution < 1.29 is 21.9 Å². The summed E-state index contributed by atoms with van der Waals surface area (Å²) < 4.78 is 35.5. The van der Waals surface area contributed by atoms with Crippen molar-refractivity contribution in [3.8, 4) is 0 Å². The van der Waals surface area contributed by atoms with Crippen molar-refractivity contribution in [2.24, 2.45) is 5.41 Å². The lowest BCUT2D eigenvalue weighted by Crippen LogP contribution is -2.34. The van der Waals surface area contributed by atoms with Gasteiger partial charge in [-0.05, 0) is 60.3 Å². The molecule has 1 aromatic carbocycles. The molecule has 3 aliphatic rings. The molecule has 1 aromatic rings. The van der Waals surface area contributed by atoms with Crippen molar-refractivity contribution in [3.05, 3.63) is 34.4 Å². The third-order valence-corrected chi connectivity index (χ3v) is 6.84. The third kappa shape index (κ3) is 2.52. The van der Waals surface area contributed by atoms with Gasteiger partial charge in [0.1, 0.15) is 5.78 Å². The number of rotatable bonds is 2. The first-order valence-corrected chi connectivity index (χ1v) is 9.97. The van der Waals surface area contributed by atoms with Crippen LogP contribution in [0.1, 0.15) is 60.8 Å². The van der Waals surface area contributed by atoms with Gasteiger partial charge < -0.3 is 0 Å². The molecule has 0 spiro atoms. The van der Waals surface area contributed by atoms with Gasteiger partial charge in [-0.2, -0.15) is 8.42 Å². The van der Waals surface area contributed by atoms with Crippen LogP contribution in [0.25, 0.3) is 0 Å². The fourth-order valence-corrected chi connectivity index (χ4v) is 5.57. The lowest BCUT2D eigenvalue weighted by atomic mass is 9.65. The Labute approximate surface area is 142 Å². The van der Waals surface area contributed by atoms with Gasteiger partial charge in [-0.1, -0.05) is 19.1 Å². The van der Waals surface area contributed by atoms with Gasteiger partial charge >= 0.3 is 10.4 Å². The van der Waals surface area contributed by atoms with Crippen molar-refractivity contribution in [1.82, 2.24) is 0 Å². The Kier molecular flexibility index (Phi) is 3.64. The highest BCUT2D eigenvalue weighted by molar-refractivity contribution is 7.80. The second-order valence-electron chi connectivity index (χ2n) is 7.59. The van der Waals surface area contributed by atoms with E-state index in [4.69, 9.17) is 8.74 Å². The van der Waals surface area contributed by atoms with Crippen LogP contribution in [0.3, 0.4) is 0 Å². The highest BCUT2D eigenvalue weighted by Gasteiger charge is 2.49. The number of benzene rings is 1. The average molecular weight is 350 g/mol. The molecule has 5 nitrogen and oxygen atoms in total. The second-order valence-corrected chi connectivity index (χ2v) is 8.64. The maximum atomic E-state index is 12.3. The van der Waals surface area contributed by atoms with E-state index in [1.54, 1.807) is 0 Å². The molecule has 24 heavy (non-hydrogen) atoms. The van der Waals surface area contributed by atoms with Gasteiger partial charge in [0.2, 0.25) is 0 Å². The molecule has 0 heterocycles. The van der Waals surface area contributed by atoms with Gasteiger partial charge in [0.05, 0.1) is 6.10 Å². The largest absolute Gasteiger partial charge is 0.397 e. The van der Waals surface area contributed by atoms with E-state index in [1.807, 2.05) is 0 Å². The van der Waals surface area contributed by atoms with Crippen LogP contribution in [0.5, 0.6) is 0 Å². The van der Waals surface area contributed by atoms with Crippen molar-refractivity contribution in [2.75, 3.05) is 0 Å². The molecular weight excluding hydrogens is 328 g/mol.